The molecule has 0 radical (unpaired) electrons. The van der Waals surface area contributed by atoms with Crippen molar-refractivity contribution in [2.45, 2.75) is 26.2 Å². The van der Waals surface area contributed by atoms with Gasteiger partial charge in [0.2, 0.25) is 0 Å². The van der Waals surface area contributed by atoms with E-state index in [1.54, 1.807) is 0 Å². The molecule has 2 aliphatic carbocycles. The highest BCUT2D eigenvalue weighted by Crippen LogP contribution is 2.43. The van der Waals surface area contributed by atoms with Crippen LogP contribution in [-0.4, -0.2) is 13.2 Å². The molecule has 2 heteroatoms. The number of benzene rings is 1. The first-order valence-electron chi connectivity index (χ1n) is 7.50. The molecule has 3 rings (SSSR count). The smallest absolute Gasteiger partial charge is 0.119 e. The number of nitrogens with one attached hydrogen (secondary N) is 1. The zero-order valence-corrected chi connectivity index (χ0v) is 11.6. The number of allylic oxidation sites excluding steroid dienone is 2. The predicted octanol–water partition coefficient (Wildman–Crippen LogP) is 4.10. The highest BCUT2D eigenvalue weighted by Gasteiger charge is 2.35. The van der Waals surface area contributed by atoms with Gasteiger partial charge in [0.15, 0.2) is 0 Å². The van der Waals surface area contributed by atoms with Crippen molar-refractivity contribution in [3.05, 3.63) is 36.4 Å². The first-order valence-corrected chi connectivity index (χ1v) is 7.50. The first-order chi connectivity index (χ1) is 9.35. The normalized spacial score (nSPS) is 27.7. The Morgan fingerprint density at radius 3 is 2.63 bits per heavy atom. The Balaban J connectivity index is 1.49. The molecule has 1 aromatic carbocycles. The SMILES string of the molecule is CCCOc1ccc(NCC2CC3C=CC2C3)cc1. The number of rotatable bonds is 6. The van der Waals surface area contributed by atoms with Gasteiger partial charge in [-0.15, -0.1) is 0 Å². The number of fused-ring (bicyclic) bond motifs is 2. The standard InChI is InChI=1S/C17H23NO/c1-2-9-19-17-7-5-16(6-8-17)18-12-15-11-13-3-4-14(15)10-13/h3-8,13-15,18H,2,9-12H2,1H3. The number of hydrogen-bond donors (Lipinski definition) is 1. The van der Waals surface area contributed by atoms with Crippen LogP contribution in [0.1, 0.15) is 26.2 Å². The van der Waals surface area contributed by atoms with Crippen LogP contribution in [0.5, 0.6) is 5.75 Å². The Morgan fingerprint density at radius 2 is 2.00 bits per heavy atom. The van der Waals surface area contributed by atoms with E-state index < -0.39 is 0 Å². The molecule has 0 spiro atoms. The third-order valence-corrected chi connectivity index (χ3v) is 4.31. The molecular weight excluding hydrogens is 234 g/mol. The predicted molar refractivity (Wildman–Crippen MR) is 79.6 cm³/mol. The van der Waals surface area contributed by atoms with E-state index in [0.717, 1.165) is 43.1 Å². The molecule has 3 atom stereocenters. The van der Waals surface area contributed by atoms with Gasteiger partial charge < -0.3 is 10.1 Å². The van der Waals surface area contributed by atoms with E-state index in [9.17, 15) is 0 Å². The molecule has 102 valence electrons. The third-order valence-electron chi connectivity index (χ3n) is 4.31. The minimum absolute atomic E-state index is 0.796. The van der Waals surface area contributed by atoms with Crippen LogP contribution < -0.4 is 10.1 Å². The maximum absolute atomic E-state index is 5.59. The topological polar surface area (TPSA) is 21.3 Å². The van der Waals surface area contributed by atoms with E-state index in [0.29, 0.717) is 0 Å². The largest absolute Gasteiger partial charge is 0.494 e. The van der Waals surface area contributed by atoms with Crippen molar-refractivity contribution in [1.29, 1.82) is 0 Å². The monoisotopic (exact) mass is 257 g/mol. The summed E-state index contributed by atoms with van der Waals surface area (Å²) in [5.74, 6) is 3.48. The Bertz CT molecular complexity index is 437. The van der Waals surface area contributed by atoms with Crippen molar-refractivity contribution in [1.82, 2.24) is 0 Å². The summed E-state index contributed by atoms with van der Waals surface area (Å²) in [5.41, 5.74) is 1.20. The zero-order valence-electron chi connectivity index (χ0n) is 11.6. The maximum atomic E-state index is 5.59. The van der Waals surface area contributed by atoms with Crippen LogP contribution in [0.2, 0.25) is 0 Å². The second-order valence-electron chi connectivity index (χ2n) is 5.79. The van der Waals surface area contributed by atoms with E-state index in [1.807, 2.05) is 0 Å². The second kappa shape index (κ2) is 5.68. The van der Waals surface area contributed by atoms with Crippen molar-refractivity contribution in [2.75, 3.05) is 18.5 Å². The average molecular weight is 257 g/mol. The first kappa shape index (κ1) is 12.6. The van der Waals surface area contributed by atoms with Crippen molar-refractivity contribution in [3.8, 4) is 5.75 Å². The van der Waals surface area contributed by atoms with Crippen LogP contribution in [0.3, 0.4) is 0 Å². The molecule has 2 aliphatic rings. The van der Waals surface area contributed by atoms with Gasteiger partial charge in [-0.3, -0.25) is 0 Å². The van der Waals surface area contributed by atoms with E-state index in [-0.39, 0.29) is 0 Å². The summed E-state index contributed by atoms with van der Waals surface area (Å²) in [6, 6.07) is 8.35. The summed E-state index contributed by atoms with van der Waals surface area (Å²) < 4.78 is 5.59. The Morgan fingerprint density at radius 1 is 1.16 bits per heavy atom. The number of hydrogen-bond acceptors (Lipinski definition) is 2. The molecular formula is C17H23NO. The third kappa shape index (κ3) is 2.94. The van der Waals surface area contributed by atoms with Gasteiger partial charge in [0.25, 0.3) is 0 Å². The van der Waals surface area contributed by atoms with Gasteiger partial charge in [0.05, 0.1) is 6.61 Å². The van der Waals surface area contributed by atoms with Crippen molar-refractivity contribution >= 4 is 5.69 Å². The van der Waals surface area contributed by atoms with Crippen molar-refractivity contribution < 1.29 is 4.74 Å². The van der Waals surface area contributed by atoms with Gasteiger partial charge >= 0.3 is 0 Å². The highest BCUT2D eigenvalue weighted by atomic mass is 16.5. The molecule has 19 heavy (non-hydrogen) atoms. The fourth-order valence-electron chi connectivity index (χ4n) is 3.27. The van der Waals surface area contributed by atoms with Crippen molar-refractivity contribution in [2.24, 2.45) is 17.8 Å². The minimum Gasteiger partial charge on any atom is -0.494 e. The van der Waals surface area contributed by atoms with Gasteiger partial charge in [-0.25, -0.2) is 0 Å². The van der Waals surface area contributed by atoms with Crippen LogP contribution in [0, 0.1) is 17.8 Å². The summed E-state index contributed by atoms with van der Waals surface area (Å²) >= 11 is 0. The average Bonchev–Trinajstić information content (AvgIpc) is 3.06. The minimum atomic E-state index is 0.796. The van der Waals surface area contributed by atoms with E-state index in [1.165, 1.54) is 18.5 Å². The fourth-order valence-corrected chi connectivity index (χ4v) is 3.27. The molecule has 1 saturated carbocycles. The van der Waals surface area contributed by atoms with E-state index >= 15 is 0 Å². The Hall–Kier alpha value is -1.44. The molecule has 0 amide bonds. The highest BCUT2D eigenvalue weighted by molar-refractivity contribution is 5.46. The van der Waals surface area contributed by atoms with Crippen LogP contribution in [0.15, 0.2) is 36.4 Å². The molecule has 2 bridgehead atoms. The van der Waals surface area contributed by atoms with Gasteiger partial charge in [0, 0.05) is 12.2 Å². The molecule has 3 unspecified atom stereocenters. The van der Waals surface area contributed by atoms with Gasteiger partial charge in [-0.05, 0) is 61.3 Å². The number of anilines is 1. The molecule has 1 N–H and O–H groups in total. The lowest BCUT2D eigenvalue weighted by Gasteiger charge is -2.19. The van der Waals surface area contributed by atoms with Crippen LogP contribution in [-0.2, 0) is 0 Å². The molecule has 1 fully saturated rings. The fraction of sp³-hybridized carbons (Fsp3) is 0.529. The lowest BCUT2D eigenvalue weighted by atomic mass is 9.93. The lowest BCUT2D eigenvalue weighted by molar-refractivity contribution is 0.317. The van der Waals surface area contributed by atoms with E-state index in [2.05, 4.69) is 48.7 Å². The Kier molecular flexibility index (Phi) is 3.77. The van der Waals surface area contributed by atoms with Crippen molar-refractivity contribution in [3.63, 3.8) is 0 Å². The molecule has 0 aromatic heterocycles. The summed E-state index contributed by atoms with van der Waals surface area (Å²) in [5, 5.41) is 3.57. The quantitative estimate of drug-likeness (QED) is 0.775. The molecule has 1 aromatic rings. The lowest BCUT2D eigenvalue weighted by Crippen LogP contribution is -2.18. The zero-order chi connectivity index (χ0) is 13.1. The number of ether oxygens (including phenoxy) is 1. The molecule has 2 nitrogen and oxygen atoms in total. The summed E-state index contributed by atoms with van der Waals surface area (Å²) in [7, 11) is 0. The molecule has 0 saturated heterocycles. The van der Waals surface area contributed by atoms with Crippen LogP contribution >= 0.6 is 0 Å². The summed E-state index contributed by atoms with van der Waals surface area (Å²) in [4.78, 5) is 0. The summed E-state index contributed by atoms with van der Waals surface area (Å²) in [6.07, 6.45) is 8.63. The molecule has 0 heterocycles. The van der Waals surface area contributed by atoms with Crippen LogP contribution in [0.4, 0.5) is 5.69 Å². The van der Waals surface area contributed by atoms with Crippen LogP contribution in [0.25, 0.3) is 0 Å². The Labute approximate surface area is 115 Å². The van der Waals surface area contributed by atoms with E-state index in [4.69, 9.17) is 4.74 Å². The van der Waals surface area contributed by atoms with Gasteiger partial charge in [-0.1, -0.05) is 19.1 Å². The van der Waals surface area contributed by atoms with Gasteiger partial charge in [-0.2, -0.15) is 0 Å². The second-order valence-corrected chi connectivity index (χ2v) is 5.79. The maximum Gasteiger partial charge on any atom is 0.119 e. The van der Waals surface area contributed by atoms with Gasteiger partial charge in [0.1, 0.15) is 5.75 Å². The molecule has 0 aliphatic heterocycles. The summed E-state index contributed by atoms with van der Waals surface area (Å²) in [6.45, 7) is 4.02.